The lowest BCUT2D eigenvalue weighted by Crippen LogP contribution is -2.35. The minimum atomic E-state index is 0.436. The smallest absolute Gasteiger partial charge is 0.229 e. The Bertz CT molecular complexity index is 1270. The highest BCUT2D eigenvalue weighted by atomic mass is 35.5. The van der Waals surface area contributed by atoms with E-state index in [0.29, 0.717) is 22.5 Å². The zero-order valence-corrected chi connectivity index (χ0v) is 18.8. The lowest BCUT2D eigenvalue weighted by atomic mass is 10.1. The Morgan fingerprint density at radius 3 is 2.61 bits per heavy atom. The van der Waals surface area contributed by atoms with Crippen LogP contribution < -0.4 is 16.4 Å². The van der Waals surface area contributed by atoms with Crippen molar-refractivity contribution in [3.63, 3.8) is 0 Å². The Labute approximate surface area is 197 Å². The number of hydrogen-bond acceptors (Lipinski definition) is 7. The summed E-state index contributed by atoms with van der Waals surface area (Å²) in [6.07, 6.45) is 1.58. The summed E-state index contributed by atoms with van der Waals surface area (Å²) in [5, 5.41) is 9.31. The quantitative estimate of drug-likeness (QED) is 0.341. The van der Waals surface area contributed by atoms with Crippen LogP contribution in [0.4, 0.5) is 28.8 Å². The molecular formula is C25H25ClN6O. The van der Waals surface area contributed by atoms with E-state index in [2.05, 4.69) is 55.8 Å². The van der Waals surface area contributed by atoms with Gasteiger partial charge in [-0.15, -0.1) is 0 Å². The molecule has 0 spiro atoms. The van der Waals surface area contributed by atoms with Gasteiger partial charge in [0, 0.05) is 36.7 Å². The van der Waals surface area contributed by atoms with E-state index in [4.69, 9.17) is 22.1 Å². The van der Waals surface area contributed by atoms with E-state index in [-0.39, 0.29) is 0 Å². The van der Waals surface area contributed by atoms with E-state index < -0.39 is 0 Å². The average molecular weight is 461 g/mol. The summed E-state index contributed by atoms with van der Waals surface area (Å²) in [5.74, 6) is 0.965. The van der Waals surface area contributed by atoms with E-state index >= 15 is 0 Å². The summed E-state index contributed by atoms with van der Waals surface area (Å²) >= 11 is 6.38. The SMILES string of the molecule is Nc1cc(CN2CCOCC2)cc(Nc2ncc(Cl)c(Nc3ccc4ccccc4c3)n2)c1. The zero-order valence-electron chi connectivity index (χ0n) is 18.1. The number of benzene rings is 3. The van der Waals surface area contributed by atoms with E-state index in [9.17, 15) is 0 Å². The van der Waals surface area contributed by atoms with Crippen molar-refractivity contribution in [3.05, 3.63) is 77.4 Å². The summed E-state index contributed by atoms with van der Waals surface area (Å²) in [6, 6.07) is 20.3. The molecule has 33 heavy (non-hydrogen) atoms. The number of aromatic nitrogens is 2. The van der Waals surface area contributed by atoms with Crippen LogP contribution in [0.5, 0.6) is 0 Å². The van der Waals surface area contributed by atoms with Gasteiger partial charge in [0.05, 0.1) is 19.4 Å². The third-order valence-corrected chi connectivity index (χ3v) is 5.81. The predicted molar refractivity (Wildman–Crippen MR) is 135 cm³/mol. The topological polar surface area (TPSA) is 88.3 Å². The number of anilines is 5. The molecule has 1 aliphatic rings. The van der Waals surface area contributed by atoms with Crippen molar-refractivity contribution in [2.75, 3.05) is 42.7 Å². The first-order chi connectivity index (χ1) is 16.1. The van der Waals surface area contributed by atoms with Crippen LogP contribution >= 0.6 is 11.6 Å². The molecule has 8 heteroatoms. The molecule has 0 unspecified atom stereocenters. The second-order valence-electron chi connectivity index (χ2n) is 8.05. The Kier molecular flexibility index (Phi) is 6.26. The monoisotopic (exact) mass is 460 g/mol. The van der Waals surface area contributed by atoms with Crippen LogP contribution in [-0.4, -0.2) is 41.2 Å². The highest BCUT2D eigenvalue weighted by molar-refractivity contribution is 6.32. The lowest BCUT2D eigenvalue weighted by molar-refractivity contribution is 0.0342. The maximum atomic E-state index is 6.38. The Morgan fingerprint density at radius 1 is 0.939 bits per heavy atom. The number of rotatable bonds is 6. The van der Waals surface area contributed by atoms with Crippen molar-refractivity contribution in [1.82, 2.24) is 14.9 Å². The van der Waals surface area contributed by atoms with Crippen molar-refractivity contribution in [2.24, 2.45) is 0 Å². The standard InChI is InChI=1S/C25H25ClN6O/c26-23-15-28-25(31-24(23)29-21-6-5-18-3-1-2-4-19(18)13-21)30-22-12-17(11-20(27)14-22)16-32-7-9-33-10-8-32/h1-6,11-15H,7-10,16,27H2,(H2,28,29,30,31). The fraction of sp³-hybridized carbons (Fsp3) is 0.200. The van der Waals surface area contributed by atoms with Crippen molar-refractivity contribution in [1.29, 1.82) is 0 Å². The number of nitrogens with zero attached hydrogens (tertiary/aromatic N) is 3. The molecule has 0 atom stereocenters. The van der Waals surface area contributed by atoms with E-state index in [1.54, 1.807) is 6.20 Å². The van der Waals surface area contributed by atoms with Crippen LogP contribution in [0.25, 0.3) is 10.8 Å². The molecule has 1 aliphatic heterocycles. The van der Waals surface area contributed by atoms with E-state index in [1.165, 1.54) is 5.39 Å². The molecule has 0 amide bonds. The fourth-order valence-corrected chi connectivity index (χ4v) is 4.09. The summed E-state index contributed by atoms with van der Waals surface area (Å²) in [4.78, 5) is 11.3. The number of ether oxygens (including phenoxy) is 1. The Hall–Kier alpha value is -3.39. The third-order valence-electron chi connectivity index (χ3n) is 5.54. The molecule has 2 heterocycles. The molecule has 4 aromatic rings. The predicted octanol–water partition coefficient (Wildman–Crippen LogP) is 5.18. The van der Waals surface area contributed by atoms with Crippen molar-refractivity contribution >= 4 is 51.2 Å². The number of nitrogens with two attached hydrogens (primary N) is 1. The number of halogens is 1. The largest absolute Gasteiger partial charge is 0.399 e. The maximum Gasteiger partial charge on any atom is 0.229 e. The minimum Gasteiger partial charge on any atom is -0.399 e. The van der Waals surface area contributed by atoms with Gasteiger partial charge in [-0.05, 0) is 46.7 Å². The van der Waals surface area contributed by atoms with E-state index in [0.717, 1.165) is 55.2 Å². The molecule has 3 aromatic carbocycles. The van der Waals surface area contributed by atoms with Gasteiger partial charge in [0.1, 0.15) is 5.02 Å². The van der Waals surface area contributed by atoms with Gasteiger partial charge < -0.3 is 21.1 Å². The maximum absolute atomic E-state index is 6.38. The summed E-state index contributed by atoms with van der Waals surface area (Å²) in [5.41, 5.74) is 9.71. The number of morpholine rings is 1. The number of nitrogens with one attached hydrogen (secondary N) is 2. The molecule has 168 valence electrons. The normalized spacial score (nSPS) is 14.3. The number of hydrogen-bond donors (Lipinski definition) is 3. The van der Waals surface area contributed by atoms with Crippen LogP contribution in [0, 0.1) is 0 Å². The summed E-state index contributed by atoms with van der Waals surface area (Å²) in [6.45, 7) is 4.18. The molecule has 1 aromatic heterocycles. The molecule has 5 rings (SSSR count). The van der Waals surface area contributed by atoms with Crippen LogP contribution in [0.2, 0.25) is 5.02 Å². The van der Waals surface area contributed by atoms with E-state index in [1.807, 2.05) is 30.3 Å². The zero-order chi connectivity index (χ0) is 22.6. The second kappa shape index (κ2) is 9.62. The van der Waals surface area contributed by atoms with Gasteiger partial charge in [-0.25, -0.2) is 4.98 Å². The number of nitrogen functional groups attached to an aromatic ring is 1. The molecule has 1 fully saturated rings. The van der Waals surface area contributed by atoms with Gasteiger partial charge in [0.2, 0.25) is 5.95 Å². The molecule has 4 N–H and O–H groups in total. The third kappa shape index (κ3) is 5.34. The van der Waals surface area contributed by atoms with Crippen molar-refractivity contribution in [2.45, 2.75) is 6.54 Å². The summed E-state index contributed by atoms with van der Waals surface area (Å²) < 4.78 is 5.44. The van der Waals surface area contributed by atoms with Crippen molar-refractivity contribution in [3.8, 4) is 0 Å². The first-order valence-electron chi connectivity index (χ1n) is 10.9. The van der Waals surface area contributed by atoms with Crippen molar-refractivity contribution < 1.29 is 4.74 Å². The highest BCUT2D eigenvalue weighted by Gasteiger charge is 2.12. The van der Waals surface area contributed by atoms with Crippen LogP contribution in [0.3, 0.4) is 0 Å². The molecular weight excluding hydrogens is 436 g/mol. The first-order valence-corrected chi connectivity index (χ1v) is 11.3. The Balaban J connectivity index is 1.34. The fourth-order valence-electron chi connectivity index (χ4n) is 3.95. The molecule has 0 radical (unpaired) electrons. The first kappa shape index (κ1) is 21.5. The van der Waals surface area contributed by atoms with Crippen LogP contribution in [0.15, 0.2) is 66.9 Å². The molecule has 0 saturated carbocycles. The van der Waals surface area contributed by atoms with Gasteiger partial charge >= 0.3 is 0 Å². The minimum absolute atomic E-state index is 0.436. The molecule has 1 saturated heterocycles. The molecule has 7 nitrogen and oxygen atoms in total. The second-order valence-corrected chi connectivity index (χ2v) is 8.46. The lowest BCUT2D eigenvalue weighted by Gasteiger charge is -2.26. The highest BCUT2D eigenvalue weighted by Crippen LogP contribution is 2.28. The van der Waals surface area contributed by atoms with Gasteiger partial charge in [0.25, 0.3) is 0 Å². The number of fused-ring (bicyclic) bond motifs is 1. The Morgan fingerprint density at radius 2 is 1.76 bits per heavy atom. The van der Waals surface area contributed by atoms with Gasteiger partial charge in [0.15, 0.2) is 5.82 Å². The van der Waals surface area contributed by atoms with Crippen LogP contribution in [-0.2, 0) is 11.3 Å². The van der Waals surface area contributed by atoms with Crippen LogP contribution in [0.1, 0.15) is 5.56 Å². The van der Waals surface area contributed by atoms with Gasteiger partial charge in [-0.1, -0.05) is 41.9 Å². The van der Waals surface area contributed by atoms with Gasteiger partial charge in [-0.2, -0.15) is 4.98 Å². The average Bonchev–Trinajstić information content (AvgIpc) is 2.81. The summed E-state index contributed by atoms with van der Waals surface area (Å²) in [7, 11) is 0. The van der Waals surface area contributed by atoms with Gasteiger partial charge in [-0.3, -0.25) is 4.90 Å². The molecule has 0 bridgehead atoms. The molecule has 0 aliphatic carbocycles.